The van der Waals surface area contributed by atoms with Gasteiger partial charge in [0.05, 0.1) is 17.6 Å². The van der Waals surface area contributed by atoms with E-state index in [1.807, 2.05) is 30.3 Å². The first-order valence-electron chi connectivity index (χ1n) is 6.57. The van der Waals surface area contributed by atoms with Crippen molar-refractivity contribution < 1.29 is 17.9 Å². The number of benzene rings is 2. The second kappa shape index (κ2) is 6.58. The molecule has 0 saturated carbocycles. The van der Waals surface area contributed by atoms with E-state index < -0.39 is 15.8 Å². The van der Waals surface area contributed by atoms with Gasteiger partial charge in [-0.2, -0.15) is 0 Å². The van der Waals surface area contributed by atoms with Crippen LogP contribution in [0.3, 0.4) is 0 Å². The van der Waals surface area contributed by atoms with Gasteiger partial charge in [-0.3, -0.25) is 0 Å². The number of esters is 1. The van der Waals surface area contributed by atoms with Crippen LogP contribution >= 0.6 is 0 Å². The maximum absolute atomic E-state index is 12.0. The van der Waals surface area contributed by atoms with Crippen LogP contribution in [0.25, 0.3) is 11.6 Å². The van der Waals surface area contributed by atoms with Crippen LogP contribution in [-0.2, 0) is 19.4 Å². The first-order chi connectivity index (χ1) is 10.4. The lowest BCUT2D eigenvalue weighted by Gasteiger charge is -2.07. The number of rotatable bonds is 4. The van der Waals surface area contributed by atoms with Gasteiger partial charge in [0.2, 0.25) is 0 Å². The summed E-state index contributed by atoms with van der Waals surface area (Å²) < 4.78 is 27.8. The minimum absolute atomic E-state index is 0.208. The summed E-state index contributed by atoms with van der Waals surface area (Å²) >= 11 is 0. The molecule has 0 aliphatic rings. The molecule has 22 heavy (non-hydrogen) atoms. The van der Waals surface area contributed by atoms with E-state index in [0.717, 1.165) is 11.8 Å². The van der Waals surface area contributed by atoms with E-state index in [1.54, 1.807) is 18.2 Å². The van der Waals surface area contributed by atoms with Gasteiger partial charge in [-0.05, 0) is 29.3 Å². The molecule has 0 amide bonds. The summed E-state index contributed by atoms with van der Waals surface area (Å²) in [5, 5.41) is 0. The lowest BCUT2D eigenvalue weighted by atomic mass is 10.0. The fourth-order valence-electron chi connectivity index (χ4n) is 1.97. The molecule has 2 aromatic carbocycles. The zero-order chi connectivity index (χ0) is 16.2. The van der Waals surface area contributed by atoms with Gasteiger partial charge in [-0.25, -0.2) is 13.2 Å². The van der Waals surface area contributed by atoms with E-state index >= 15 is 0 Å². The zero-order valence-corrected chi connectivity index (χ0v) is 13.1. The van der Waals surface area contributed by atoms with Gasteiger partial charge in [0.15, 0.2) is 9.84 Å². The maximum atomic E-state index is 12.0. The van der Waals surface area contributed by atoms with Crippen molar-refractivity contribution in [3.8, 4) is 0 Å². The Morgan fingerprint density at radius 2 is 1.59 bits per heavy atom. The number of methoxy groups -OCH3 is 1. The van der Waals surface area contributed by atoms with Gasteiger partial charge in [-0.15, -0.1) is 0 Å². The molecular formula is C17H16O4S. The Morgan fingerprint density at radius 3 is 2.09 bits per heavy atom. The molecule has 0 heterocycles. The lowest BCUT2D eigenvalue weighted by Crippen LogP contribution is -2.04. The van der Waals surface area contributed by atoms with Crippen LogP contribution in [-0.4, -0.2) is 27.8 Å². The van der Waals surface area contributed by atoms with Crippen molar-refractivity contribution in [1.82, 2.24) is 0 Å². The SMILES string of the molecule is COC(=O)/C(=C/c1ccccc1)c1ccc(S(C)(=O)=O)cc1. The second-order valence-electron chi connectivity index (χ2n) is 4.76. The first-order valence-corrected chi connectivity index (χ1v) is 8.46. The van der Waals surface area contributed by atoms with E-state index in [-0.39, 0.29) is 4.90 Å². The zero-order valence-electron chi connectivity index (χ0n) is 12.3. The third-order valence-corrected chi connectivity index (χ3v) is 4.24. The van der Waals surface area contributed by atoms with Gasteiger partial charge >= 0.3 is 5.97 Å². The van der Waals surface area contributed by atoms with E-state index in [1.165, 1.54) is 19.2 Å². The highest BCUT2D eigenvalue weighted by Gasteiger charge is 2.14. The van der Waals surface area contributed by atoms with Crippen molar-refractivity contribution in [2.24, 2.45) is 0 Å². The minimum atomic E-state index is -3.27. The van der Waals surface area contributed by atoms with E-state index in [9.17, 15) is 13.2 Å². The van der Waals surface area contributed by atoms with Crippen LogP contribution in [0.1, 0.15) is 11.1 Å². The highest BCUT2D eigenvalue weighted by atomic mass is 32.2. The van der Waals surface area contributed by atoms with E-state index in [0.29, 0.717) is 11.1 Å². The summed E-state index contributed by atoms with van der Waals surface area (Å²) in [6.07, 6.45) is 2.85. The Morgan fingerprint density at radius 1 is 1.00 bits per heavy atom. The van der Waals surface area contributed by atoms with Crippen molar-refractivity contribution in [3.05, 3.63) is 65.7 Å². The summed E-state index contributed by atoms with van der Waals surface area (Å²) in [4.78, 5) is 12.2. The number of carbonyl (C=O) groups excluding carboxylic acids is 1. The van der Waals surface area contributed by atoms with Crippen molar-refractivity contribution in [1.29, 1.82) is 0 Å². The second-order valence-corrected chi connectivity index (χ2v) is 6.77. The van der Waals surface area contributed by atoms with Crippen molar-refractivity contribution in [2.45, 2.75) is 4.90 Å². The topological polar surface area (TPSA) is 60.4 Å². The summed E-state index contributed by atoms with van der Waals surface area (Å²) in [5.74, 6) is -0.476. The highest BCUT2D eigenvalue weighted by Crippen LogP contribution is 2.21. The summed E-state index contributed by atoms with van der Waals surface area (Å²) in [7, 11) is -1.95. The smallest absolute Gasteiger partial charge is 0.338 e. The Labute approximate surface area is 130 Å². The Hall–Kier alpha value is -2.40. The van der Waals surface area contributed by atoms with Crippen LogP contribution in [0.5, 0.6) is 0 Å². The highest BCUT2D eigenvalue weighted by molar-refractivity contribution is 7.90. The largest absolute Gasteiger partial charge is 0.465 e. The first kappa shape index (κ1) is 16.0. The molecule has 0 spiro atoms. The molecule has 0 bridgehead atoms. The molecule has 0 atom stereocenters. The lowest BCUT2D eigenvalue weighted by molar-refractivity contribution is -0.133. The molecule has 5 heteroatoms. The molecule has 0 unspecified atom stereocenters. The third-order valence-electron chi connectivity index (χ3n) is 3.11. The minimum Gasteiger partial charge on any atom is -0.465 e. The van der Waals surface area contributed by atoms with Crippen molar-refractivity contribution >= 4 is 27.5 Å². The molecule has 0 fully saturated rings. The molecule has 114 valence electrons. The third kappa shape index (κ3) is 3.83. The van der Waals surface area contributed by atoms with Crippen LogP contribution in [0.4, 0.5) is 0 Å². The number of ether oxygens (including phenoxy) is 1. The van der Waals surface area contributed by atoms with Crippen LogP contribution in [0.15, 0.2) is 59.5 Å². The summed E-state index contributed by atoms with van der Waals surface area (Å²) in [6.45, 7) is 0. The quantitative estimate of drug-likeness (QED) is 0.494. The van der Waals surface area contributed by atoms with E-state index in [4.69, 9.17) is 4.74 Å². The van der Waals surface area contributed by atoms with Crippen LogP contribution in [0, 0.1) is 0 Å². The number of hydrogen-bond donors (Lipinski definition) is 0. The molecule has 2 aromatic rings. The predicted octanol–water partition coefficient (Wildman–Crippen LogP) is 2.80. The molecule has 0 aliphatic carbocycles. The normalized spacial score (nSPS) is 12.0. The molecule has 4 nitrogen and oxygen atoms in total. The molecule has 0 radical (unpaired) electrons. The Balaban J connectivity index is 2.47. The van der Waals surface area contributed by atoms with Gasteiger partial charge in [0, 0.05) is 6.26 Å². The molecule has 0 aromatic heterocycles. The number of sulfone groups is 1. The molecule has 0 aliphatic heterocycles. The molecular weight excluding hydrogens is 300 g/mol. The van der Waals surface area contributed by atoms with Gasteiger partial charge in [-0.1, -0.05) is 42.5 Å². The summed E-state index contributed by atoms with van der Waals surface area (Å²) in [5.41, 5.74) is 1.83. The Bertz CT molecular complexity index is 788. The molecule has 2 rings (SSSR count). The van der Waals surface area contributed by atoms with Gasteiger partial charge < -0.3 is 4.74 Å². The average molecular weight is 316 g/mol. The standard InChI is InChI=1S/C17H16O4S/c1-21-17(18)16(12-13-6-4-3-5-7-13)14-8-10-15(11-9-14)22(2,19)20/h3-12H,1-2H3/b16-12+. The predicted molar refractivity (Wildman–Crippen MR) is 85.9 cm³/mol. The molecule has 0 saturated heterocycles. The van der Waals surface area contributed by atoms with Crippen molar-refractivity contribution in [3.63, 3.8) is 0 Å². The Kier molecular flexibility index (Phi) is 4.78. The monoisotopic (exact) mass is 316 g/mol. The number of hydrogen-bond acceptors (Lipinski definition) is 4. The fourth-order valence-corrected chi connectivity index (χ4v) is 2.60. The van der Waals surface area contributed by atoms with Gasteiger partial charge in [0.25, 0.3) is 0 Å². The van der Waals surface area contributed by atoms with Gasteiger partial charge in [0.1, 0.15) is 0 Å². The molecule has 0 N–H and O–H groups in total. The average Bonchev–Trinajstić information content (AvgIpc) is 2.52. The van der Waals surface area contributed by atoms with Crippen LogP contribution < -0.4 is 0 Å². The van der Waals surface area contributed by atoms with Crippen LogP contribution in [0.2, 0.25) is 0 Å². The summed E-state index contributed by atoms with van der Waals surface area (Å²) in [6, 6.07) is 15.5. The fraction of sp³-hybridized carbons (Fsp3) is 0.118. The maximum Gasteiger partial charge on any atom is 0.338 e. The van der Waals surface area contributed by atoms with E-state index in [2.05, 4.69) is 0 Å². The van der Waals surface area contributed by atoms with Crippen molar-refractivity contribution in [2.75, 3.05) is 13.4 Å². The number of carbonyl (C=O) groups is 1.